The number of fused-ring (bicyclic) bond motifs is 2. The molecule has 2 saturated heterocycles. The predicted octanol–water partition coefficient (Wildman–Crippen LogP) is 2.85. The normalized spacial score (nSPS) is 39.8. The van der Waals surface area contributed by atoms with Crippen LogP contribution in [0.4, 0.5) is 5.69 Å². The number of carbonyl (C=O) groups is 1. The van der Waals surface area contributed by atoms with Gasteiger partial charge in [-0.2, -0.15) is 0 Å². The minimum absolute atomic E-state index is 0.00284. The van der Waals surface area contributed by atoms with Crippen molar-refractivity contribution in [3.05, 3.63) is 59.7 Å². The summed E-state index contributed by atoms with van der Waals surface area (Å²) >= 11 is 0. The molecule has 2 aliphatic carbocycles. The molecule has 4 aliphatic rings. The van der Waals surface area contributed by atoms with Crippen molar-refractivity contribution in [1.29, 1.82) is 0 Å². The van der Waals surface area contributed by atoms with Gasteiger partial charge in [0.15, 0.2) is 5.72 Å². The van der Waals surface area contributed by atoms with Gasteiger partial charge in [0.1, 0.15) is 5.75 Å². The Hall–Kier alpha value is -2.37. The smallest absolute Gasteiger partial charge is 0.233 e. The molecule has 144 valence electrons. The van der Waals surface area contributed by atoms with Crippen molar-refractivity contribution in [1.82, 2.24) is 0 Å². The number of aryl methyl sites for hydroxylation is 1. The van der Waals surface area contributed by atoms with Crippen molar-refractivity contribution in [2.45, 2.75) is 31.3 Å². The van der Waals surface area contributed by atoms with E-state index < -0.39 is 11.8 Å². The van der Waals surface area contributed by atoms with E-state index in [9.17, 15) is 9.90 Å². The first-order chi connectivity index (χ1) is 13.6. The van der Waals surface area contributed by atoms with Crippen LogP contribution < -0.4 is 9.64 Å². The Morgan fingerprint density at radius 2 is 1.82 bits per heavy atom. The highest BCUT2D eigenvalue weighted by Crippen LogP contribution is 2.70. The van der Waals surface area contributed by atoms with Crippen LogP contribution in [0.25, 0.3) is 0 Å². The van der Waals surface area contributed by atoms with Gasteiger partial charge < -0.3 is 14.6 Å². The number of methoxy groups -OCH3 is 1. The number of aliphatic hydroxyl groups excluding tert-OH is 1. The van der Waals surface area contributed by atoms with Crippen molar-refractivity contribution in [2.75, 3.05) is 12.0 Å². The van der Waals surface area contributed by atoms with Crippen molar-refractivity contribution < 1.29 is 19.4 Å². The van der Waals surface area contributed by atoms with Crippen LogP contribution in [0.1, 0.15) is 17.5 Å². The van der Waals surface area contributed by atoms with Crippen LogP contribution in [0.5, 0.6) is 5.75 Å². The summed E-state index contributed by atoms with van der Waals surface area (Å²) < 4.78 is 12.0. The van der Waals surface area contributed by atoms with Gasteiger partial charge in [-0.15, -0.1) is 0 Å². The molecule has 1 amide bonds. The maximum atomic E-state index is 13.7. The number of rotatable bonds is 3. The maximum absolute atomic E-state index is 13.7. The number of amides is 1. The Morgan fingerprint density at radius 1 is 1.11 bits per heavy atom. The first kappa shape index (κ1) is 16.6. The number of carbonyl (C=O) groups excluding carboxylic acids is 1. The average molecular weight is 377 g/mol. The summed E-state index contributed by atoms with van der Waals surface area (Å²) in [6, 6.07) is 15.9. The van der Waals surface area contributed by atoms with Gasteiger partial charge in [0, 0.05) is 17.2 Å². The molecule has 7 unspecified atom stereocenters. The fraction of sp³-hybridized carbons (Fsp3) is 0.435. The highest BCUT2D eigenvalue weighted by molar-refractivity contribution is 6.00. The van der Waals surface area contributed by atoms with Crippen molar-refractivity contribution in [2.24, 2.45) is 23.7 Å². The summed E-state index contributed by atoms with van der Waals surface area (Å²) in [6.45, 7) is 2.06. The Kier molecular flexibility index (Phi) is 3.18. The zero-order chi connectivity index (χ0) is 19.2. The van der Waals surface area contributed by atoms with Crippen LogP contribution in [0, 0.1) is 30.6 Å². The molecule has 5 heteroatoms. The number of aliphatic hydroxyl groups is 1. The van der Waals surface area contributed by atoms with Gasteiger partial charge in [0.2, 0.25) is 5.91 Å². The molecule has 2 bridgehead atoms. The SMILES string of the molecule is COc1ccc(N2C(=O)C3C4CC5C(OC2(c2ccc(C)cc2)C53)C4O)cc1. The molecule has 0 aromatic heterocycles. The third kappa shape index (κ3) is 1.77. The highest BCUT2D eigenvalue weighted by Gasteiger charge is 2.79. The van der Waals surface area contributed by atoms with Crippen molar-refractivity contribution >= 4 is 11.6 Å². The minimum atomic E-state index is -0.842. The van der Waals surface area contributed by atoms with Gasteiger partial charge in [-0.25, -0.2) is 0 Å². The largest absolute Gasteiger partial charge is 0.497 e. The molecule has 2 heterocycles. The van der Waals surface area contributed by atoms with Crippen molar-refractivity contribution in [3.8, 4) is 5.75 Å². The molecule has 2 aromatic rings. The lowest BCUT2D eigenvalue weighted by atomic mass is 9.75. The van der Waals surface area contributed by atoms with E-state index in [-0.39, 0.29) is 35.7 Å². The van der Waals surface area contributed by atoms with Crippen LogP contribution in [0.3, 0.4) is 0 Å². The summed E-state index contributed by atoms with van der Waals surface area (Å²) in [5, 5.41) is 10.8. The zero-order valence-corrected chi connectivity index (χ0v) is 15.9. The van der Waals surface area contributed by atoms with E-state index in [4.69, 9.17) is 9.47 Å². The topological polar surface area (TPSA) is 59.0 Å². The molecular formula is C23H23NO4. The number of anilines is 1. The van der Waals surface area contributed by atoms with Crippen LogP contribution in [-0.4, -0.2) is 30.3 Å². The van der Waals surface area contributed by atoms with E-state index in [2.05, 4.69) is 31.2 Å². The van der Waals surface area contributed by atoms with Gasteiger partial charge in [-0.05, 0) is 49.4 Å². The number of ether oxygens (including phenoxy) is 2. The minimum Gasteiger partial charge on any atom is -0.497 e. The summed E-state index contributed by atoms with van der Waals surface area (Å²) in [6.07, 6.45) is 0.152. The molecule has 7 atom stereocenters. The summed E-state index contributed by atoms with van der Waals surface area (Å²) in [5.74, 6) is 0.968. The molecule has 2 aliphatic heterocycles. The summed E-state index contributed by atoms with van der Waals surface area (Å²) in [5.41, 5.74) is 2.14. The van der Waals surface area contributed by atoms with Crippen LogP contribution in [0.15, 0.2) is 48.5 Å². The second kappa shape index (κ2) is 5.37. The molecule has 0 spiro atoms. The summed E-state index contributed by atoms with van der Waals surface area (Å²) in [7, 11) is 1.63. The number of hydrogen-bond donors (Lipinski definition) is 1. The Bertz CT molecular complexity index is 956. The third-order valence-electron chi connectivity index (χ3n) is 7.45. The Labute approximate surface area is 163 Å². The highest BCUT2D eigenvalue weighted by atomic mass is 16.6. The zero-order valence-electron chi connectivity index (χ0n) is 15.9. The van der Waals surface area contributed by atoms with Gasteiger partial charge in [0.05, 0.1) is 25.2 Å². The molecule has 2 aromatic carbocycles. The lowest BCUT2D eigenvalue weighted by molar-refractivity contribution is -0.133. The number of hydrogen-bond acceptors (Lipinski definition) is 4. The molecule has 2 saturated carbocycles. The molecule has 28 heavy (non-hydrogen) atoms. The lowest BCUT2D eigenvalue weighted by Gasteiger charge is -2.39. The monoisotopic (exact) mass is 377 g/mol. The van der Waals surface area contributed by atoms with E-state index in [0.29, 0.717) is 0 Å². The van der Waals surface area contributed by atoms with E-state index >= 15 is 0 Å². The molecule has 4 fully saturated rings. The van der Waals surface area contributed by atoms with Gasteiger partial charge in [-0.3, -0.25) is 9.69 Å². The van der Waals surface area contributed by atoms with Gasteiger partial charge in [-0.1, -0.05) is 29.8 Å². The lowest BCUT2D eigenvalue weighted by Crippen LogP contribution is -2.49. The van der Waals surface area contributed by atoms with Gasteiger partial charge >= 0.3 is 0 Å². The molecule has 6 rings (SSSR count). The number of nitrogens with zero attached hydrogens (tertiary/aromatic N) is 1. The Balaban J connectivity index is 1.56. The fourth-order valence-electron chi connectivity index (χ4n) is 6.39. The number of benzene rings is 2. The first-order valence-electron chi connectivity index (χ1n) is 9.97. The molecule has 5 nitrogen and oxygen atoms in total. The molecule has 0 radical (unpaired) electrons. The second-order valence-electron chi connectivity index (χ2n) is 8.62. The van der Waals surface area contributed by atoms with E-state index in [1.54, 1.807) is 7.11 Å². The third-order valence-corrected chi connectivity index (χ3v) is 7.45. The Morgan fingerprint density at radius 3 is 2.50 bits per heavy atom. The van der Waals surface area contributed by atoms with E-state index in [1.165, 1.54) is 5.56 Å². The maximum Gasteiger partial charge on any atom is 0.233 e. The van der Waals surface area contributed by atoms with Gasteiger partial charge in [0.25, 0.3) is 0 Å². The first-order valence-corrected chi connectivity index (χ1v) is 9.97. The molecular weight excluding hydrogens is 354 g/mol. The van der Waals surface area contributed by atoms with Crippen molar-refractivity contribution in [3.63, 3.8) is 0 Å². The van der Waals surface area contributed by atoms with Crippen LogP contribution in [-0.2, 0) is 15.3 Å². The molecule has 1 N–H and O–H groups in total. The van der Waals surface area contributed by atoms with E-state index in [1.807, 2.05) is 29.2 Å². The second-order valence-corrected chi connectivity index (χ2v) is 8.62. The van der Waals surface area contributed by atoms with E-state index in [0.717, 1.165) is 23.4 Å². The quantitative estimate of drug-likeness (QED) is 0.894. The fourth-order valence-corrected chi connectivity index (χ4v) is 6.39. The summed E-state index contributed by atoms with van der Waals surface area (Å²) in [4.78, 5) is 15.5. The average Bonchev–Trinajstić information content (AvgIpc) is 3.38. The van der Waals surface area contributed by atoms with Crippen LogP contribution >= 0.6 is 0 Å². The predicted molar refractivity (Wildman–Crippen MR) is 103 cm³/mol. The van der Waals surface area contributed by atoms with Crippen LogP contribution in [0.2, 0.25) is 0 Å². The standard InChI is InChI=1S/C23H23NO4/c1-12-3-5-13(6-4-12)23-19-17-11-16(20(25)21(17)28-23)18(19)22(26)24(23)14-7-9-15(27-2)10-8-14/h3-10,16-21,25H,11H2,1-2H3.